The molecule has 7 heavy (non-hydrogen) atoms. The molecule has 0 aliphatic carbocycles. The smallest absolute Gasteiger partial charge is 0.878 e. The van der Waals surface area contributed by atoms with Crippen LogP contribution in [0.25, 0.3) is 0 Å². The molecule has 0 rings (SSSR count). The topological polar surface area (TPSA) is 86.1 Å². The van der Waals surface area contributed by atoms with Gasteiger partial charge in [0.2, 0.25) is 0 Å². The van der Waals surface area contributed by atoms with Crippen molar-refractivity contribution in [3.8, 4) is 0 Å². The van der Waals surface area contributed by atoms with Gasteiger partial charge in [0.1, 0.15) is 0 Å². The minimum Gasteiger partial charge on any atom is -0.878 e. The summed E-state index contributed by atoms with van der Waals surface area (Å²) in [5.41, 5.74) is 0. The summed E-state index contributed by atoms with van der Waals surface area (Å²) >= 11 is 0. The summed E-state index contributed by atoms with van der Waals surface area (Å²) in [5, 5.41) is 8.69. The van der Waals surface area contributed by atoms with E-state index in [9.17, 15) is 0 Å². The van der Waals surface area contributed by atoms with E-state index in [1.165, 1.54) is 0 Å². The zero-order chi connectivity index (χ0) is 2.71. The first-order valence-electron chi connectivity index (χ1n) is 0.644. The molecule has 0 aliphatic heterocycles. The number of rotatable bonds is 0. The third-order valence-corrected chi connectivity index (χ3v) is 0. The zero-order valence-electron chi connectivity index (χ0n) is 3.05. The molecule has 0 fully saturated rings. The molecule has 0 heterocycles. The van der Waals surface area contributed by atoms with Crippen LogP contribution in [0.15, 0.2) is 12.8 Å². The summed E-state index contributed by atoms with van der Waals surface area (Å²) in [4.78, 5) is 0. The first-order chi connectivity index (χ1) is 1.41. The van der Waals surface area contributed by atoms with Gasteiger partial charge >= 0.3 is 19.5 Å². The monoisotopic (exact) mass is 201 g/mol. The van der Waals surface area contributed by atoms with Crippen LogP contribution >= 0.6 is 0 Å². The van der Waals surface area contributed by atoms with E-state index in [1.807, 2.05) is 0 Å². The van der Waals surface area contributed by atoms with Crippen LogP contribution < -0.4 is 5.11 Å². The van der Waals surface area contributed by atoms with Crippen molar-refractivity contribution < 1.29 is 38.4 Å². The maximum absolute atomic E-state index is 8.69. The molecule has 0 aromatic heterocycles. The van der Waals surface area contributed by atoms with Gasteiger partial charge < -0.3 is 16.1 Å². The molecule has 0 aliphatic rings. The van der Waals surface area contributed by atoms with Crippen molar-refractivity contribution in [3.63, 3.8) is 0 Å². The maximum Gasteiger partial charge on any atom is 1.00 e. The Balaban J connectivity index is -0.00000000133. The summed E-state index contributed by atoms with van der Waals surface area (Å²) < 4.78 is 0. The molecule has 0 aromatic carbocycles. The Morgan fingerprint density at radius 3 is 1.43 bits per heavy atom. The van der Waals surface area contributed by atoms with Gasteiger partial charge in [-0.15, -0.1) is 6.58 Å². The second kappa shape index (κ2) is 134. The summed E-state index contributed by atoms with van der Waals surface area (Å²) in [6.45, 7) is 2.81. The third kappa shape index (κ3) is 14600. The van der Waals surface area contributed by atoms with E-state index in [1.54, 1.807) is 0 Å². The predicted octanol–water partition coefficient (Wildman–Crippen LogP) is -1.03. The Morgan fingerprint density at radius 1 is 1.43 bits per heavy atom. The summed E-state index contributed by atoms with van der Waals surface area (Å²) in [5.74, 6) is 0. The van der Waals surface area contributed by atoms with E-state index in [2.05, 4.69) is 6.58 Å². The van der Waals surface area contributed by atoms with E-state index in [4.69, 9.17) is 5.11 Å². The van der Waals surface area contributed by atoms with Gasteiger partial charge in [-0.2, -0.15) is 6.26 Å². The van der Waals surface area contributed by atoms with Crippen molar-refractivity contribution in [1.82, 2.24) is 0 Å². The zero-order valence-corrected chi connectivity index (χ0v) is 4.78. The molecule has 1 radical (unpaired) electrons. The summed E-state index contributed by atoms with van der Waals surface area (Å²) in [6.07, 6.45) is 0.500. The molecule has 0 unspecified atom stereocenters. The van der Waals surface area contributed by atoms with E-state index < -0.39 is 0 Å². The maximum atomic E-state index is 8.69. The number of hydrogen-bond acceptors (Lipinski definition) is 1. The van der Waals surface area contributed by atoms with Crippen molar-refractivity contribution in [2.45, 2.75) is 7.43 Å². The second-order valence-corrected chi connectivity index (χ2v) is 0.167. The quantitative estimate of drug-likeness (QED) is 0.363. The van der Waals surface area contributed by atoms with Crippen LogP contribution in [0.4, 0.5) is 0 Å². The standard InChI is InChI=1S/C2H4O.CH4.2H2O.Ru.2H2/c1-2-3;;;;;;/h2-3H,1H2;1H4;2*1H2;;2*1H/q;;;;+1;;/p-1. The van der Waals surface area contributed by atoms with Gasteiger partial charge in [0, 0.05) is 2.85 Å². The van der Waals surface area contributed by atoms with Crippen LogP contribution in [0.1, 0.15) is 10.3 Å². The fourth-order valence-corrected chi connectivity index (χ4v) is 0. The molecule has 0 spiro atoms. The molecule has 0 bridgehead atoms. The van der Waals surface area contributed by atoms with E-state index >= 15 is 0 Å². The molecular weight excluding hydrogens is 185 g/mol. The van der Waals surface area contributed by atoms with E-state index in [0.717, 1.165) is 0 Å². The summed E-state index contributed by atoms with van der Waals surface area (Å²) in [6, 6.07) is 0. The van der Waals surface area contributed by atoms with Crippen molar-refractivity contribution in [1.29, 1.82) is 0 Å². The largest absolute Gasteiger partial charge is 1.00 e. The minimum absolute atomic E-state index is 0. The van der Waals surface area contributed by atoms with Gasteiger partial charge in [-0.05, 0) is 0 Å². The van der Waals surface area contributed by atoms with Gasteiger partial charge in [-0.25, -0.2) is 0 Å². The molecule has 0 saturated carbocycles. The first kappa shape index (κ1) is 60.4. The van der Waals surface area contributed by atoms with Gasteiger partial charge in [-0.1, -0.05) is 7.43 Å². The summed E-state index contributed by atoms with van der Waals surface area (Å²) in [7, 11) is 0. The van der Waals surface area contributed by atoms with Crippen LogP contribution in [0.2, 0.25) is 0 Å². The Labute approximate surface area is 59.4 Å². The van der Waals surface area contributed by atoms with E-state index in [-0.39, 0.29) is 40.7 Å². The number of hydrogen-bond donors (Lipinski definition) is 0. The average molecular weight is 200 g/mol. The Hall–Kier alpha value is 0.0834. The van der Waals surface area contributed by atoms with Gasteiger partial charge in [0.15, 0.2) is 0 Å². The Morgan fingerprint density at radius 2 is 1.43 bits per heavy atom. The van der Waals surface area contributed by atoms with Crippen LogP contribution in [0, 0.1) is 0 Å². The van der Waals surface area contributed by atoms with Gasteiger partial charge in [0.05, 0.1) is 0 Å². The fraction of sp³-hybridized carbons (Fsp3) is 0.333. The molecule has 53 valence electrons. The molecule has 0 amide bonds. The Kier molecular flexibility index (Phi) is 1160. The molecule has 0 saturated heterocycles. The van der Waals surface area contributed by atoms with Crippen LogP contribution in [0.5, 0.6) is 0 Å². The molecule has 4 heteroatoms. The van der Waals surface area contributed by atoms with Crippen LogP contribution in [-0.2, 0) is 19.5 Å². The minimum atomic E-state index is 0. The molecule has 0 aromatic rings. The SMILES string of the molecule is C.C=C[O-].O.O.[HH].[HH].[Ru+]. The van der Waals surface area contributed by atoms with Gasteiger partial charge in [0.25, 0.3) is 0 Å². The Bertz CT molecular complexity index is 24.5. The molecular formula is C3H15O3Ru. The normalized spacial score (nSPS) is 1.71. The van der Waals surface area contributed by atoms with Crippen LogP contribution in [0.3, 0.4) is 0 Å². The molecule has 4 N–H and O–H groups in total. The van der Waals surface area contributed by atoms with Crippen LogP contribution in [-0.4, -0.2) is 11.0 Å². The molecule has 0 atom stereocenters. The van der Waals surface area contributed by atoms with Crippen molar-refractivity contribution in [2.75, 3.05) is 0 Å². The van der Waals surface area contributed by atoms with Crippen molar-refractivity contribution >= 4 is 0 Å². The van der Waals surface area contributed by atoms with Gasteiger partial charge in [-0.3, -0.25) is 0 Å². The van der Waals surface area contributed by atoms with Crippen molar-refractivity contribution in [2.24, 2.45) is 0 Å². The molecule has 3 nitrogen and oxygen atoms in total. The van der Waals surface area contributed by atoms with Crippen molar-refractivity contribution in [3.05, 3.63) is 12.8 Å². The average Bonchev–Trinajstić information content (AvgIpc) is 0.918. The predicted molar refractivity (Wildman–Crippen MR) is 28.4 cm³/mol. The first-order valence-corrected chi connectivity index (χ1v) is 0.644. The third-order valence-electron chi connectivity index (χ3n) is 0. The van der Waals surface area contributed by atoms with E-state index in [0.29, 0.717) is 6.26 Å². The fourth-order valence-electron chi connectivity index (χ4n) is 0. The second-order valence-electron chi connectivity index (χ2n) is 0.167.